The molecule has 2 heterocycles. The molecule has 6 nitrogen and oxygen atoms in total. The number of rotatable bonds is 5. The van der Waals surface area contributed by atoms with Crippen LogP contribution in [0.1, 0.15) is 20.7 Å². The van der Waals surface area contributed by atoms with Gasteiger partial charge in [-0.15, -0.1) is 0 Å². The molecule has 0 unspecified atom stereocenters. The average Bonchev–Trinajstić information content (AvgIpc) is 3.06. The van der Waals surface area contributed by atoms with Gasteiger partial charge in [-0.3, -0.25) is 19.3 Å². The molecule has 3 aromatic carbocycles. The van der Waals surface area contributed by atoms with E-state index >= 15 is 0 Å². The Hall–Kier alpha value is -3.42. The van der Waals surface area contributed by atoms with Gasteiger partial charge in [0.15, 0.2) is 11.3 Å². The van der Waals surface area contributed by atoms with Gasteiger partial charge in [-0.1, -0.05) is 54.1 Å². The van der Waals surface area contributed by atoms with Gasteiger partial charge < -0.3 is 9.15 Å². The largest absolute Gasteiger partial charge is 0.484 e. The summed E-state index contributed by atoms with van der Waals surface area (Å²) in [7, 11) is 0. The van der Waals surface area contributed by atoms with E-state index in [2.05, 4.69) is 15.9 Å². The smallest absolute Gasteiger partial charge is 0.261 e. The van der Waals surface area contributed by atoms with Crippen LogP contribution in [0.2, 0.25) is 5.02 Å². The van der Waals surface area contributed by atoms with Crippen LogP contribution in [-0.2, 0) is 0 Å². The second kappa shape index (κ2) is 8.50. The molecular formula is C25H15BrClNO5. The number of ether oxygens (including phenoxy) is 1. The van der Waals surface area contributed by atoms with E-state index in [1.54, 1.807) is 42.5 Å². The van der Waals surface area contributed by atoms with Crippen LogP contribution in [0.15, 0.2) is 80.4 Å². The molecule has 0 saturated carbocycles. The lowest BCUT2D eigenvalue weighted by molar-refractivity contribution is 0.0631. The Morgan fingerprint density at radius 2 is 1.55 bits per heavy atom. The van der Waals surface area contributed by atoms with Gasteiger partial charge in [0.2, 0.25) is 11.2 Å². The number of carbonyl (C=O) groups is 2. The Morgan fingerprint density at radius 1 is 0.909 bits per heavy atom. The minimum atomic E-state index is -0.402. The highest BCUT2D eigenvalue weighted by atomic mass is 79.9. The maximum atomic E-state index is 13.3. The Kier molecular flexibility index (Phi) is 5.52. The van der Waals surface area contributed by atoms with Crippen LogP contribution in [-0.4, -0.2) is 29.9 Å². The molecule has 0 spiro atoms. The van der Waals surface area contributed by atoms with Crippen molar-refractivity contribution in [2.24, 2.45) is 0 Å². The van der Waals surface area contributed by atoms with Crippen molar-refractivity contribution in [1.82, 2.24) is 4.90 Å². The lowest BCUT2D eigenvalue weighted by Gasteiger charge is -2.16. The van der Waals surface area contributed by atoms with Gasteiger partial charge in [-0.05, 0) is 40.2 Å². The molecule has 0 fully saturated rings. The molecule has 0 atom stereocenters. The highest BCUT2D eigenvalue weighted by Crippen LogP contribution is 2.35. The van der Waals surface area contributed by atoms with Crippen LogP contribution in [0.3, 0.4) is 0 Å². The standard InChI is InChI=1S/C25H15BrClNO5/c26-19-13-15(27)12-18-20(29)23(21(33-22(18)19)14-6-2-1-3-7-14)32-11-10-28-24(30)16-8-4-5-9-17(16)25(28)31/h1-9,12-13H,10-11H2. The predicted molar refractivity (Wildman–Crippen MR) is 128 cm³/mol. The molecule has 0 bridgehead atoms. The molecule has 1 aromatic heterocycles. The summed E-state index contributed by atoms with van der Waals surface area (Å²) in [5.74, 6) is -0.537. The summed E-state index contributed by atoms with van der Waals surface area (Å²) in [5, 5.41) is 0.621. The Morgan fingerprint density at radius 3 is 2.21 bits per heavy atom. The minimum Gasteiger partial charge on any atom is -0.484 e. The number of fused-ring (bicyclic) bond motifs is 2. The third-order valence-electron chi connectivity index (χ3n) is 5.35. The van der Waals surface area contributed by atoms with Crippen molar-refractivity contribution < 1.29 is 18.7 Å². The van der Waals surface area contributed by atoms with Crippen LogP contribution in [0.25, 0.3) is 22.3 Å². The van der Waals surface area contributed by atoms with Crippen molar-refractivity contribution >= 4 is 50.3 Å². The van der Waals surface area contributed by atoms with E-state index in [-0.39, 0.29) is 41.9 Å². The Bertz CT molecular complexity index is 1450. The molecule has 0 saturated heterocycles. The monoisotopic (exact) mass is 523 g/mol. The highest BCUT2D eigenvalue weighted by Gasteiger charge is 2.35. The zero-order valence-electron chi connectivity index (χ0n) is 17.0. The summed E-state index contributed by atoms with van der Waals surface area (Å²) in [6, 6.07) is 18.9. The van der Waals surface area contributed by atoms with Gasteiger partial charge in [0, 0.05) is 10.6 Å². The maximum absolute atomic E-state index is 13.3. The van der Waals surface area contributed by atoms with E-state index in [4.69, 9.17) is 20.8 Å². The molecule has 5 rings (SSSR count). The first kappa shape index (κ1) is 21.4. The van der Waals surface area contributed by atoms with E-state index in [0.29, 0.717) is 31.8 Å². The van der Waals surface area contributed by atoms with Gasteiger partial charge in [0.05, 0.1) is 27.5 Å². The fourth-order valence-electron chi connectivity index (χ4n) is 3.80. The van der Waals surface area contributed by atoms with Crippen LogP contribution >= 0.6 is 27.5 Å². The molecule has 1 aliphatic heterocycles. The maximum Gasteiger partial charge on any atom is 0.261 e. The zero-order valence-corrected chi connectivity index (χ0v) is 19.4. The summed E-state index contributed by atoms with van der Waals surface area (Å²) in [6.07, 6.45) is 0. The molecule has 0 N–H and O–H groups in total. The van der Waals surface area contributed by atoms with Crippen molar-refractivity contribution in [1.29, 1.82) is 0 Å². The molecule has 33 heavy (non-hydrogen) atoms. The lowest BCUT2D eigenvalue weighted by Crippen LogP contribution is -2.34. The number of halogens is 2. The number of nitrogens with zero attached hydrogens (tertiary/aromatic N) is 1. The first-order valence-electron chi connectivity index (χ1n) is 10.0. The summed E-state index contributed by atoms with van der Waals surface area (Å²) < 4.78 is 12.5. The van der Waals surface area contributed by atoms with E-state index in [9.17, 15) is 14.4 Å². The number of benzene rings is 3. The van der Waals surface area contributed by atoms with Crippen LogP contribution in [0.5, 0.6) is 5.75 Å². The topological polar surface area (TPSA) is 76.8 Å². The quantitative estimate of drug-likeness (QED) is 0.320. The number of amides is 2. The second-order valence-electron chi connectivity index (χ2n) is 7.38. The van der Waals surface area contributed by atoms with E-state index in [0.717, 1.165) is 4.90 Å². The minimum absolute atomic E-state index is 0.0144. The van der Waals surface area contributed by atoms with E-state index in [1.807, 2.05) is 18.2 Å². The van der Waals surface area contributed by atoms with Gasteiger partial charge in [-0.2, -0.15) is 0 Å². The van der Waals surface area contributed by atoms with Gasteiger partial charge >= 0.3 is 0 Å². The Balaban J connectivity index is 1.50. The molecule has 164 valence electrons. The first-order valence-corrected chi connectivity index (χ1v) is 11.2. The van der Waals surface area contributed by atoms with Crippen molar-refractivity contribution in [2.45, 2.75) is 0 Å². The summed E-state index contributed by atoms with van der Waals surface area (Å²) in [5.41, 5.74) is 1.31. The first-order chi connectivity index (χ1) is 16.0. The van der Waals surface area contributed by atoms with E-state index < -0.39 is 5.43 Å². The fraction of sp³-hybridized carbons (Fsp3) is 0.0800. The number of hydrogen-bond donors (Lipinski definition) is 0. The molecule has 4 aromatic rings. The summed E-state index contributed by atoms with van der Waals surface area (Å²) in [4.78, 5) is 39.7. The van der Waals surface area contributed by atoms with Gasteiger partial charge in [0.25, 0.3) is 11.8 Å². The number of imide groups is 1. The number of hydrogen-bond acceptors (Lipinski definition) is 5. The normalized spacial score (nSPS) is 13.0. The molecule has 2 amide bonds. The molecular weight excluding hydrogens is 510 g/mol. The zero-order chi connectivity index (χ0) is 23.1. The van der Waals surface area contributed by atoms with E-state index in [1.165, 1.54) is 6.07 Å². The van der Waals surface area contributed by atoms with Crippen LogP contribution in [0, 0.1) is 0 Å². The summed E-state index contributed by atoms with van der Waals surface area (Å²) >= 11 is 9.54. The Labute approximate surface area is 201 Å². The molecule has 1 aliphatic rings. The SMILES string of the molecule is O=C1c2ccccc2C(=O)N1CCOc1c(-c2ccccc2)oc2c(Br)cc(Cl)cc2c1=O. The predicted octanol–water partition coefficient (Wildman–Crippen LogP) is 5.55. The van der Waals surface area contributed by atoms with Crippen molar-refractivity contribution in [3.8, 4) is 17.1 Å². The molecule has 0 radical (unpaired) electrons. The molecule has 8 heteroatoms. The van der Waals surface area contributed by atoms with Crippen molar-refractivity contribution in [2.75, 3.05) is 13.2 Å². The van der Waals surface area contributed by atoms with Gasteiger partial charge in [-0.25, -0.2) is 0 Å². The summed E-state index contributed by atoms with van der Waals surface area (Å²) in [6.45, 7) is -0.0966. The van der Waals surface area contributed by atoms with Crippen molar-refractivity contribution in [3.63, 3.8) is 0 Å². The fourth-order valence-corrected chi connectivity index (χ4v) is 4.69. The third kappa shape index (κ3) is 3.73. The van der Waals surface area contributed by atoms with Gasteiger partial charge in [0.1, 0.15) is 6.61 Å². The third-order valence-corrected chi connectivity index (χ3v) is 6.15. The number of carbonyl (C=O) groups excluding carboxylic acids is 2. The highest BCUT2D eigenvalue weighted by molar-refractivity contribution is 9.10. The molecule has 0 aliphatic carbocycles. The van der Waals surface area contributed by atoms with Crippen molar-refractivity contribution in [3.05, 3.63) is 97.6 Å². The lowest BCUT2D eigenvalue weighted by atomic mass is 10.1. The average molecular weight is 525 g/mol. The second-order valence-corrected chi connectivity index (χ2v) is 8.67. The van der Waals surface area contributed by atoms with Crippen LogP contribution < -0.4 is 10.2 Å². The van der Waals surface area contributed by atoms with Crippen LogP contribution in [0.4, 0.5) is 0 Å².